The predicted molar refractivity (Wildman–Crippen MR) is 72.3 cm³/mol. The predicted octanol–water partition coefficient (Wildman–Crippen LogP) is 2.63. The number of thiazole rings is 1. The molecule has 5 nitrogen and oxygen atoms in total. The van der Waals surface area contributed by atoms with E-state index in [9.17, 15) is 4.79 Å². The van der Waals surface area contributed by atoms with Gasteiger partial charge in [0.1, 0.15) is 11.1 Å². The number of benzene rings is 1. The van der Waals surface area contributed by atoms with Gasteiger partial charge in [-0.25, -0.2) is 9.78 Å². The van der Waals surface area contributed by atoms with Gasteiger partial charge in [-0.2, -0.15) is 5.26 Å². The number of aromatic carboxylic acids is 1. The maximum Gasteiger partial charge on any atom is 0.355 e. The number of nitrogens with zero attached hydrogens (tertiary/aromatic N) is 2. The lowest BCUT2D eigenvalue weighted by molar-refractivity contribution is 0.0691. The summed E-state index contributed by atoms with van der Waals surface area (Å²) >= 11 is 1.28. The largest absolute Gasteiger partial charge is 0.476 e. The van der Waals surface area contributed by atoms with Crippen LogP contribution in [-0.4, -0.2) is 16.1 Å². The van der Waals surface area contributed by atoms with Gasteiger partial charge >= 0.3 is 5.97 Å². The van der Waals surface area contributed by atoms with Crippen LogP contribution in [0.4, 0.5) is 5.69 Å². The van der Waals surface area contributed by atoms with Crippen LogP contribution in [0.5, 0.6) is 0 Å². The van der Waals surface area contributed by atoms with Gasteiger partial charge in [0, 0.05) is 5.38 Å². The molecular formula is C13H11N3O2S. The molecule has 2 aromatic rings. The first kappa shape index (κ1) is 13.1. The van der Waals surface area contributed by atoms with E-state index < -0.39 is 5.97 Å². The lowest BCUT2D eigenvalue weighted by atomic mass is 10.1. The molecule has 0 unspecified atom stereocenters. The Bertz CT molecular complexity index is 658. The summed E-state index contributed by atoms with van der Waals surface area (Å²) in [4.78, 5) is 14.7. The molecule has 19 heavy (non-hydrogen) atoms. The molecule has 2 N–H and O–H groups in total. The summed E-state index contributed by atoms with van der Waals surface area (Å²) in [5.74, 6) is -1.03. The van der Waals surface area contributed by atoms with Crippen molar-refractivity contribution in [1.29, 1.82) is 5.26 Å². The molecule has 0 saturated heterocycles. The molecule has 0 fully saturated rings. The number of carboxylic acids is 1. The Balaban J connectivity index is 2.12. The zero-order valence-corrected chi connectivity index (χ0v) is 11.0. The number of aromatic nitrogens is 1. The van der Waals surface area contributed by atoms with Crippen LogP contribution in [0.3, 0.4) is 0 Å². The summed E-state index contributed by atoms with van der Waals surface area (Å²) < 4.78 is 0. The van der Waals surface area contributed by atoms with Crippen molar-refractivity contribution in [3.63, 3.8) is 0 Å². The minimum Gasteiger partial charge on any atom is -0.476 e. The van der Waals surface area contributed by atoms with Gasteiger partial charge in [0.2, 0.25) is 0 Å². The molecule has 1 aromatic heterocycles. The van der Waals surface area contributed by atoms with E-state index in [-0.39, 0.29) is 5.69 Å². The number of carboxylic acid groups (broad SMARTS) is 1. The summed E-state index contributed by atoms with van der Waals surface area (Å²) in [6.45, 7) is 2.34. The van der Waals surface area contributed by atoms with Crippen LogP contribution in [-0.2, 0) is 6.54 Å². The normalized spacial score (nSPS) is 9.89. The number of carbonyl (C=O) groups is 1. The van der Waals surface area contributed by atoms with Crippen LogP contribution in [0.15, 0.2) is 23.6 Å². The van der Waals surface area contributed by atoms with E-state index in [2.05, 4.69) is 16.4 Å². The van der Waals surface area contributed by atoms with Crippen LogP contribution >= 0.6 is 11.3 Å². The third kappa shape index (κ3) is 3.09. The topological polar surface area (TPSA) is 86.0 Å². The first-order valence-electron chi connectivity index (χ1n) is 5.52. The van der Waals surface area contributed by atoms with Crippen LogP contribution in [0, 0.1) is 18.3 Å². The maximum absolute atomic E-state index is 10.7. The molecule has 2 rings (SSSR count). The van der Waals surface area contributed by atoms with E-state index in [1.165, 1.54) is 16.7 Å². The van der Waals surface area contributed by atoms with E-state index in [1.54, 1.807) is 6.07 Å². The number of anilines is 1. The van der Waals surface area contributed by atoms with Crippen molar-refractivity contribution in [3.8, 4) is 6.07 Å². The molecule has 0 aliphatic heterocycles. The van der Waals surface area contributed by atoms with Crippen molar-refractivity contribution in [1.82, 2.24) is 4.98 Å². The summed E-state index contributed by atoms with van der Waals surface area (Å²) in [5.41, 5.74) is 2.38. The fourth-order valence-corrected chi connectivity index (χ4v) is 2.27. The van der Waals surface area contributed by atoms with Crippen molar-refractivity contribution in [3.05, 3.63) is 45.4 Å². The number of nitrogens with one attached hydrogen (secondary N) is 1. The Kier molecular flexibility index (Phi) is 3.78. The van der Waals surface area contributed by atoms with Gasteiger partial charge in [0.15, 0.2) is 5.69 Å². The monoisotopic (exact) mass is 273 g/mol. The van der Waals surface area contributed by atoms with E-state index in [4.69, 9.17) is 10.4 Å². The van der Waals surface area contributed by atoms with Crippen LogP contribution in [0.25, 0.3) is 0 Å². The average molecular weight is 273 g/mol. The van der Waals surface area contributed by atoms with Gasteiger partial charge in [-0.3, -0.25) is 0 Å². The van der Waals surface area contributed by atoms with E-state index in [1.807, 2.05) is 19.1 Å². The van der Waals surface area contributed by atoms with Crippen LogP contribution < -0.4 is 5.32 Å². The molecule has 1 heterocycles. The SMILES string of the molecule is Cc1ccc(C#N)c(NCc2nc(C(=O)O)cs2)c1. The molecule has 0 atom stereocenters. The highest BCUT2D eigenvalue weighted by atomic mass is 32.1. The van der Waals surface area contributed by atoms with Crippen molar-refractivity contribution < 1.29 is 9.90 Å². The van der Waals surface area contributed by atoms with Crippen molar-refractivity contribution >= 4 is 23.0 Å². The Morgan fingerprint density at radius 1 is 1.58 bits per heavy atom. The number of hydrogen-bond acceptors (Lipinski definition) is 5. The summed E-state index contributed by atoms with van der Waals surface area (Å²) in [6, 6.07) is 7.61. The molecule has 6 heteroatoms. The van der Waals surface area contributed by atoms with Crippen molar-refractivity contribution in [2.45, 2.75) is 13.5 Å². The molecule has 0 bridgehead atoms. The quantitative estimate of drug-likeness (QED) is 0.894. The second-order valence-electron chi connectivity index (χ2n) is 3.95. The van der Waals surface area contributed by atoms with E-state index >= 15 is 0 Å². The minimum atomic E-state index is -1.03. The molecule has 0 spiro atoms. The molecule has 0 aliphatic carbocycles. The van der Waals surface area contributed by atoms with E-state index in [0.717, 1.165) is 11.3 Å². The van der Waals surface area contributed by atoms with Gasteiger partial charge in [-0.1, -0.05) is 6.07 Å². The van der Waals surface area contributed by atoms with Crippen molar-refractivity contribution in [2.24, 2.45) is 0 Å². The zero-order valence-electron chi connectivity index (χ0n) is 10.2. The third-order valence-electron chi connectivity index (χ3n) is 2.50. The Morgan fingerprint density at radius 3 is 3.00 bits per heavy atom. The number of aryl methyl sites for hydroxylation is 1. The highest BCUT2D eigenvalue weighted by Gasteiger charge is 2.09. The number of rotatable bonds is 4. The molecule has 0 amide bonds. The summed E-state index contributed by atoms with van der Waals surface area (Å²) in [6.07, 6.45) is 0. The van der Waals surface area contributed by atoms with Crippen molar-refractivity contribution in [2.75, 3.05) is 5.32 Å². The second-order valence-corrected chi connectivity index (χ2v) is 4.89. The number of nitriles is 1. The zero-order chi connectivity index (χ0) is 13.8. The summed E-state index contributed by atoms with van der Waals surface area (Å²) in [5, 5.41) is 23.1. The Hall–Kier alpha value is -2.39. The highest BCUT2D eigenvalue weighted by Crippen LogP contribution is 2.18. The molecular weight excluding hydrogens is 262 g/mol. The molecule has 96 valence electrons. The van der Waals surface area contributed by atoms with Gasteiger partial charge in [-0.05, 0) is 24.6 Å². The average Bonchev–Trinajstić information content (AvgIpc) is 2.85. The molecule has 0 radical (unpaired) electrons. The van der Waals surface area contributed by atoms with Gasteiger partial charge < -0.3 is 10.4 Å². The molecule has 0 aliphatic rings. The first-order valence-corrected chi connectivity index (χ1v) is 6.40. The van der Waals surface area contributed by atoms with Gasteiger partial charge in [0.05, 0.1) is 17.8 Å². The maximum atomic E-state index is 10.7. The van der Waals surface area contributed by atoms with Crippen LogP contribution in [0.2, 0.25) is 0 Å². The molecule has 0 saturated carbocycles. The minimum absolute atomic E-state index is 0.0477. The standard InChI is InChI=1S/C13H11N3O2S/c1-8-2-3-9(5-14)10(4-8)15-6-12-16-11(7-19-12)13(17)18/h2-4,7,15H,6H2,1H3,(H,17,18). The Morgan fingerprint density at radius 2 is 2.37 bits per heavy atom. The second kappa shape index (κ2) is 5.50. The fraction of sp³-hybridized carbons (Fsp3) is 0.154. The lowest BCUT2D eigenvalue weighted by Gasteiger charge is -2.07. The lowest BCUT2D eigenvalue weighted by Crippen LogP contribution is -2.03. The molecule has 1 aromatic carbocycles. The Labute approximate surface area is 114 Å². The van der Waals surface area contributed by atoms with Gasteiger partial charge in [-0.15, -0.1) is 11.3 Å². The van der Waals surface area contributed by atoms with E-state index in [0.29, 0.717) is 17.1 Å². The highest BCUT2D eigenvalue weighted by molar-refractivity contribution is 7.09. The summed E-state index contributed by atoms with van der Waals surface area (Å²) in [7, 11) is 0. The fourth-order valence-electron chi connectivity index (χ4n) is 1.56. The number of hydrogen-bond donors (Lipinski definition) is 2. The third-order valence-corrected chi connectivity index (χ3v) is 3.35. The smallest absolute Gasteiger partial charge is 0.355 e. The van der Waals surface area contributed by atoms with Gasteiger partial charge in [0.25, 0.3) is 0 Å². The first-order chi connectivity index (χ1) is 9.10. The van der Waals surface area contributed by atoms with Crippen LogP contribution in [0.1, 0.15) is 26.6 Å².